The van der Waals surface area contributed by atoms with E-state index in [2.05, 4.69) is 10.6 Å². The van der Waals surface area contributed by atoms with Gasteiger partial charge in [0.1, 0.15) is 0 Å². The zero-order valence-corrected chi connectivity index (χ0v) is 11.5. The Hall–Kier alpha value is -0.420. The summed E-state index contributed by atoms with van der Waals surface area (Å²) in [5, 5.41) is 5.98. The van der Waals surface area contributed by atoms with E-state index in [1.807, 2.05) is 27.7 Å². The van der Waals surface area contributed by atoms with Crippen LogP contribution in [0.4, 0.5) is 0 Å². The summed E-state index contributed by atoms with van der Waals surface area (Å²) >= 11 is 0. The van der Waals surface area contributed by atoms with Gasteiger partial charge in [-0.25, -0.2) is 0 Å². The highest BCUT2D eigenvalue weighted by Crippen LogP contribution is 1.90. The molecule has 0 heterocycles. The summed E-state index contributed by atoms with van der Waals surface area (Å²) in [7, 11) is -0.763. The van der Waals surface area contributed by atoms with Crippen molar-refractivity contribution in [2.45, 2.75) is 46.2 Å². The molecular formula is C11H24N2O2S. The van der Waals surface area contributed by atoms with E-state index >= 15 is 0 Å². The molecule has 1 amide bonds. The van der Waals surface area contributed by atoms with E-state index in [4.69, 9.17) is 0 Å². The van der Waals surface area contributed by atoms with Crippen molar-refractivity contribution >= 4 is 16.7 Å². The van der Waals surface area contributed by atoms with Gasteiger partial charge in [0.15, 0.2) is 0 Å². The van der Waals surface area contributed by atoms with E-state index in [9.17, 15) is 9.00 Å². The highest BCUT2D eigenvalue weighted by molar-refractivity contribution is 7.84. The van der Waals surface area contributed by atoms with Gasteiger partial charge in [0.25, 0.3) is 0 Å². The molecule has 0 rings (SSSR count). The van der Waals surface area contributed by atoms with Crippen LogP contribution >= 0.6 is 0 Å². The van der Waals surface area contributed by atoms with Gasteiger partial charge in [-0.1, -0.05) is 13.8 Å². The van der Waals surface area contributed by atoms with Gasteiger partial charge in [0.05, 0.1) is 6.04 Å². The number of carbonyl (C=O) groups is 1. The van der Waals surface area contributed by atoms with Gasteiger partial charge in [-0.05, 0) is 20.3 Å². The van der Waals surface area contributed by atoms with Crippen molar-refractivity contribution in [1.82, 2.24) is 10.6 Å². The first kappa shape index (κ1) is 15.6. The predicted octanol–water partition coefficient (Wildman–Crippen LogP) is 0.648. The highest BCUT2D eigenvalue weighted by Gasteiger charge is 2.13. The van der Waals surface area contributed by atoms with Crippen molar-refractivity contribution in [3.05, 3.63) is 0 Å². The fourth-order valence-electron chi connectivity index (χ4n) is 1.10. The van der Waals surface area contributed by atoms with Crippen LogP contribution in [0.15, 0.2) is 0 Å². The number of carbonyl (C=O) groups excluding carboxylic acids is 1. The lowest BCUT2D eigenvalue weighted by atomic mass is 10.2. The average molecular weight is 248 g/mol. The molecule has 0 saturated carbocycles. The van der Waals surface area contributed by atoms with Gasteiger partial charge >= 0.3 is 0 Å². The van der Waals surface area contributed by atoms with E-state index < -0.39 is 10.8 Å². The van der Waals surface area contributed by atoms with Crippen LogP contribution in [-0.2, 0) is 15.6 Å². The second-order valence-corrected chi connectivity index (χ2v) is 5.79. The minimum atomic E-state index is -0.763. The molecular weight excluding hydrogens is 224 g/mol. The maximum atomic E-state index is 11.6. The quantitative estimate of drug-likeness (QED) is 0.663. The summed E-state index contributed by atoms with van der Waals surface area (Å²) in [5.41, 5.74) is 0. The topological polar surface area (TPSA) is 58.2 Å². The van der Waals surface area contributed by atoms with Gasteiger partial charge in [0, 0.05) is 34.9 Å². The summed E-state index contributed by atoms with van der Waals surface area (Å²) in [6.07, 6.45) is 0.929. The van der Waals surface area contributed by atoms with Crippen LogP contribution in [0.25, 0.3) is 0 Å². The lowest BCUT2D eigenvalue weighted by Crippen LogP contribution is -2.46. The Balaban J connectivity index is 3.75. The molecule has 0 spiro atoms. The van der Waals surface area contributed by atoms with E-state index in [0.717, 1.165) is 6.42 Å². The number of amides is 1. The van der Waals surface area contributed by atoms with Crippen molar-refractivity contribution in [2.24, 2.45) is 0 Å². The molecule has 0 radical (unpaired) electrons. The molecule has 0 bridgehead atoms. The normalized spacial score (nSPS) is 16.5. The molecule has 96 valence electrons. The summed E-state index contributed by atoms with van der Waals surface area (Å²) in [6, 6.07) is -0.00983. The third-order valence-corrected chi connectivity index (χ3v) is 3.80. The number of nitrogens with one attached hydrogen (secondary N) is 2. The van der Waals surface area contributed by atoms with Gasteiger partial charge < -0.3 is 10.6 Å². The van der Waals surface area contributed by atoms with Crippen molar-refractivity contribution in [1.29, 1.82) is 0 Å². The van der Waals surface area contributed by atoms with Crippen LogP contribution in [0.1, 0.15) is 34.1 Å². The van der Waals surface area contributed by atoms with Gasteiger partial charge in [-0.15, -0.1) is 0 Å². The van der Waals surface area contributed by atoms with Gasteiger partial charge in [-0.2, -0.15) is 0 Å². The zero-order chi connectivity index (χ0) is 12.6. The smallest absolute Gasteiger partial charge is 0.237 e. The Bertz CT molecular complexity index is 234. The Morgan fingerprint density at radius 3 is 2.44 bits per heavy atom. The summed E-state index contributed by atoms with van der Waals surface area (Å²) < 4.78 is 11.2. The van der Waals surface area contributed by atoms with Crippen molar-refractivity contribution in [3.63, 3.8) is 0 Å². The minimum Gasteiger partial charge on any atom is -0.352 e. The first-order valence-corrected chi connectivity index (χ1v) is 7.38. The molecule has 2 N–H and O–H groups in total. The standard InChI is InChI=1S/C11H24N2O2S/c1-5-9(3)13-11(14)10(4)12-7-8-16(15)6-2/h9-10,12H,5-8H2,1-4H3,(H,13,14). The van der Waals surface area contributed by atoms with Crippen LogP contribution in [0.2, 0.25) is 0 Å². The Morgan fingerprint density at radius 1 is 1.31 bits per heavy atom. The molecule has 0 aliphatic heterocycles. The molecule has 3 atom stereocenters. The Kier molecular flexibility index (Phi) is 8.47. The fourth-order valence-corrected chi connectivity index (χ4v) is 1.73. The number of hydrogen-bond acceptors (Lipinski definition) is 3. The van der Waals surface area contributed by atoms with Crippen LogP contribution in [0.5, 0.6) is 0 Å². The molecule has 16 heavy (non-hydrogen) atoms. The second-order valence-electron chi connectivity index (χ2n) is 3.93. The minimum absolute atomic E-state index is 0.0108. The van der Waals surface area contributed by atoms with Crippen LogP contribution in [0.3, 0.4) is 0 Å². The van der Waals surface area contributed by atoms with Gasteiger partial charge in [-0.3, -0.25) is 9.00 Å². The third-order valence-electron chi connectivity index (χ3n) is 2.50. The summed E-state index contributed by atoms with van der Waals surface area (Å²) in [4.78, 5) is 11.6. The first-order valence-electron chi connectivity index (χ1n) is 5.89. The number of rotatable bonds is 8. The lowest BCUT2D eigenvalue weighted by Gasteiger charge is -2.17. The average Bonchev–Trinajstić information content (AvgIpc) is 2.28. The van der Waals surface area contributed by atoms with Crippen molar-refractivity contribution in [2.75, 3.05) is 18.1 Å². The van der Waals surface area contributed by atoms with Crippen LogP contribution in [-0.4, -0.2) is 40.3 Å². The van der Waals surface area contributed by atoms with Gasteiger partial charge in [0.2, 0.25) is 5.91 Å². The van der Waals surface area contributed by atoms with E-state index in [-0.39, 0.29) is 18.0 Å². The monoisotopic (exact) mass is 248 g/mol. The summed E-state index contributed by atoms with van der Waals surface area (Å²) in [5.74, 6) is 1.30. The zero-order valence-electron chi connectivity index (χ0n) is 10.7. The number of hydrogen-bond donors (Lipinski definition) is 2. The van der Waals surface area contributed by atoms with E-state index in [1.165, 1.54) is 0 Å². The first-order chi connectivity index (χ1) is 7.51. The summed E-state index contributed by atoms with van der Waals surface area (Å²) in [6.45, 7) is 8.36. The largest absolute Gasteiger partial charge is 0.352 e. The molecule has 0 saturated heterocycles. The van der Waals surface area contributed by atoms with Crippen LogP contribution < -0.4 is 10.6 Å². The third kappa shape index (κ3) is 6.95. The van der Waals surface area contributed by atoms with E-state index in [1.54, 1.807) is 0 Å². The molecule has 0 aliphatic rings. The molecule has 3 unspecified atom stereocenters. The van der Waals surface area contributed by atoms with Crippen LogP contribution in [0, 0.1) is 0 Å². The molecule has 5 heteroatoms. The highest BCUT2D eigenvalue weighted by atomic mass is 32.2. The molecule has 0 fully saturated rings. The Labute approximate surface area is 101 Å². The molecule has 0 aromatic heterocycles. The van der Waals surface area contributed by atoms with Crippen molar-refractivity contribution in [3.8, 4) is 0 Å². The lowest BCUT2D eigenvalue weighted by molar-refractivity contribution is -0.123. The maximum absolute atomic E-state index is 11.6. The molecule has 4 nitrogen and oxygen atoms in total. The van der Waals surface area contributed by atoms with E-state index in [0.29, 0.717) is 18.1 Å². The molecule has 0 aromatic rings. The molecule has 0 aliphatic carbocycles. The second kappa shape index (κ2) is 8.70. The van der Waals surface area contributed by atoms with Crippen molar-refractivity contribution < 1.29 is 9.00 Å². The molecule has 0 aromatic carbocycles. The SMILES string of the molecule is CCC(C)NC(=O)C(C)NCCS(=O)CC. The Morgan fingerprint density at radius 2 is 1.94 bits per heavy atom. The fraction of sp³-hybridized carbons (Fsp3) is 0.909. The maximum Gasteiger partial charge on any atom is 0.237 e. The predicted molar refractivity (Wildman–Crippen MR) is 68.9 cm³/mol.